The monoisotopic (exact) mass is 442 g/mol. The maximum Gasteiger partial charge on any atom is 0.178 e. The summed E-state index contributed by atoms with van der Waals surface area (Å²) in [6.45, 7) is 3.78. The zero-order chi connectivity index (χ0) is 23.8. The summed E-state index contributed by atoms with van der Waals surface area (Å²) in [6.07, 6.45) is -2.65. The Morgan fingerprint density at radius 1 is 0.485 bits per heavy atom. The van der Waals surface area contributed by atoms with Crippen LogP contribution < -0.4 is 0 Å². The third kappa shape index (κ3) is 6.60. The van der Waals surface area contributed by atoms with Crippen molar-refractivity contribution in [2.75, 3.05) is 0 Å². The van der Waals surface area contributed by atoms with Crippen molar-refractivity contribution in [1.29, 1.82) is 0 Å². The predicted molar refractivity (Wildman–Crippen MR) is 131 cm³/mol. The Kier molecular flexibility index (Phi) is 8.52. The lowest BCUT2D eigenvalue weighted by molar-refractivity contribution is -0.0429. The highest BCUT2D eigenvalue weighted by Gasteiger charge is 2.13. The fourth-order valence-electron chi connectivity index (χ4n) is 3.55. The molecule has 0 aliphatic rings. The van der Waals surface area contributed by atoms with Gasteiger partial charge in [0.1, 0.15) is 12.2 Å². The molecular formula is C29H30O4. The molecule has 4 aromatic carbocycles. The predicted octanol–water partition coefficient (Wildman–Crippen LogP) is 5.14. The van der Waals surface area contributed by atoms with E-state index in [1.165, 1.54) is 0 Å². The van der Waals surface area contributed by atoms with E-state index >= 15 is 0 Å². The van der Waals surface area contributed by atoms with Crippen molar-refractivity contribution in [1.82, 2.24) is 0 Å². The topological polar surface area (TPSA) is 80.9 Å². The standard InChI is InChI=1S/C20H18O2.C9H12O2/c21-19(15-7-3-1-4-8-15)17-11-13-18(14-12-17)20(22)16-9-5-2-6-10-16;1-6-3-4-7(2)8(5-6)9(10)11/h1-14,19-22H;3-5,9-11H,1-2H3. The molecule has 0 saturated heterocycles. The van der Waals surface area contributed by atoms with E-state index < -0.39 is 18.5 Å². The molecule has 170 valence electrons. The Bertz CT molecular complexity index is 1060. The van der Waals surface area contributed by atoms with Crippen molar-refractivity contribution >= 4 is 0 Å². The van der Waals surface area contributed by atoms with Gasteiger partial charge in [0.05, 0.1) is 0 Å². The molecule has 0 amide bonds. The molecule has 0 aliphatic heterocycles. The minimum atomic E-state index is -1.35. The van der Waals surface area contributed by atoms with Gasteiger partial charge >= 0.3 is 0 Å². The lowest BCUT2D eigenvalue weighted by Crippen LogP contribution is -2.02. The van der Waals surface area contributed by atoms with Gasteiger partial charge in [-0.05, 0) is 41.7 Å². The average molecular weight is 443 g/mol. The second-order valence-electron chi connectivity index (χ2n) is 8.03. The molecule has 0 radical (unpaired) electrons. The van der Waals surface area contributed by atoms with Crippen LogP contribution in [0.15, 0.2) is 103 Å². The maximum atomic E-state index is 10.4. The first-order valence-corrected chi connectivity index (χ1v) is 10.9. The quantitative estimate of drug-likeness (QED) is 0.323. The van der Waals surface area contributed by atoms with Crippen molar-refractivity contribution in [3.8, 4) is 0 Å². The van der Waals surface area contributed by atoms with Crippen molar-refractivity contribution < 1.29 is 20.4 Å². The summed E-state index contributed by atoms with van der Waals surface area (Å²) < 4.78 is 0. The fourth-order valence-corrected chi connectivity index (χ4v) is 3.55. The van der Waals surface area contributed by atoms with Crippen LogP contribution in [0.25, 0.3) is 0 Å². The molecule has 4 nitrogen and oxygen atoms in total. The number of hydrogen-bond acceptors (Lipinski definition) is 4. The van der Waals surface area contributed by atoms with Crippen LogP contribution in [0.5, 0.6) is 0 Å². The molecule has 2 unspecified atom stereocenters. The van der Waals surface area contributed by atoms with Crippen LogP contribution in [0.2, 0.25) is 0 Å². The van der Waals surface area contributed by atoms with Gasteiger partial charge in [0.2, 0.25) is 0 Å². The van der Waals surface area contributed by atoms with Crippen LogP contribution in [0.4, 0.5) is 0 Å². The van der Waals surface area contributed by atoms with E-state index in [2.05, 4.69) is 0 Å². The molecule has 0 spiro atoms. The summed E-state index contributed by atoms with van der Waals surface area (Å²) in [6, 6.07) is 32.1. The number of aliphatic hydroxyl groups excluding tert-OH is 3. The molecular weight excluding hydrogens is 412 g/mol. The Hall–Kier alpha value is -3.28. The van der Waals surface area contributed by atoms with Gasteiger partial charge < -0.3 is 20.4 Å². The largest absolute Gasteiger partial charge is 0.384 e. The minimum absolute atomic E-state index is 0.588. The molecule has 0 saturated carbocycles. The van der Waals surface area contributed by atoms with E-state index in [1.54, 1.807) is 6.07 Å². The Balaban J connectivity index is 0.000000235. The molecule has 4 N–H and O–H groups in total. The fraction of sp³-hybridized carbons (Fsp3) is 0.172. The lowest BCUT2D eigenvalue weighted by atomic mass is 9.97. The SMILES string of the molecule is Cc1ccc(C)c(C(O)O)c1.OC(c1ccccc1)c1ccc(C(O)c2ccccc2)cc1. The minimum Gasteiger partial charge on any atom is -0.384 e. The molecule has 4 aromatic rings. The second kappa shape index (κ2) is 11.5. The third-order valence-electron chi connectivity index (χ3n) is 5.51. The number of rotatable bonds is 5. The van der Waals surface area contributed by atoms with Gasteiger partial charge in [-0.1, -0.05) is 109 Å². The van der Waals surface area contributed by atoms with Crippen molar-refractivity contribution in [3.63, 3.8) is 0 Å². The number of hydrogen-bond donors (Lipinski definition) is 4. The first-order chi connectivity index (χ1) is 15.9. The van der Waals surface area contributed by atoms with Crippen LogP contribution in [0.1, 0.15) is 57.4 Å². The van der Waals surface area contributed by atoms with Gasteiger partial charge in [-0.25, -0.2) is 0 Å². The second-order valence-corrected chi connectivity index (χ2v) is 8.03. The smallest absolute Gasteiger partial charge is 0.178 e. The van der Waals surface area contributed by atoms with E-state index in [1.807, 2.05) is 111 Å². The summed E-state index contributed by atoms with van der Waals surface area (Å²) in [7, 11) is 0. The van der Waals surface area contributed by atoms with Crippen LogP contribution in [-0.4, -0.2) is 20.4 Å². The van der Waals surface area contributed by atoms with E-state index in [-0.39, 0.29) is 0 Å². The summed E-state index contributed by atoms with van der Waals surface area (Å²) in [5.41, 5.74) is 5.89. The highest BCUT2D eigenvalue weighted by Crippen LogP contribution is 2.26. The molecule has 2 atom stereocenters. The Morgan fingerprint density at radius 3 is 1.24 bits per heavy atom. The normalized spacial score (nSPS) is 12.6. The zero-order valence-electron chi connectivity index (χ0n) is 18.8. The van der Waals surface area contributed by atoms with E-state index in [0.29, 0.717) is 5.56 Å². The van der Waals surface area contributed by atoms with Crippen molar-refractivity contribution in [2.45, 2.75) is 32.3 Å². The van der Waals surface area contributed by atoms with Gasteiger partial charge in [0.15, 0.2) is 6.29 Å². The average Bonchev–Trinajstić information content (AvgIpc) is 2.86. The van der Waals surface area contributed by atoms with Crippen molar-refractivity contribution in [2.24, 2.45) is 0 Å². The maximum absolute atomic E-state index is 10.4. The van der Waals surface area contributed by atoms with Crippen LogP contribution in [-0.2, 0) is 0 Å². The highest BCUT2D eigenvalue weighted by atomic mass is 16.5. The molecule has 0 heterocycles. The number of benzene rings is 4. The summed E-state index contributed by atoms with van der Waals surface area (Å²) in [5, 5.41) is 38.5. The van der Waals surface area contributed by atoms with Gasteiger partial charge in [0, 0.05) is 5.56 Å². The molecule has 0 bridgehead atoms. The van der Waals surface area contributed by atoms with Gasteiger partial charge in [-0.15, -0.1) is 0 Å². The van der Waals surface area contributed by atoms with Crippen LogP contribution in [0, 0.1) is 13.8 Å². The van der Waals surface area contributed by atoms with E-state index in [0.717, 1.165) is 33.4 Å². The first kappa shape index (κ1) is 24.4. The van der Waals surface area contributed by atoms with Gasteiger partial charge in [0.25, 0.3) is 0 Å². The summed E-state index contributed by atoms with van der Waals surface area (Å²) in [5.74, 6) is 0. The van der Waals surface area contributed by atoms with Crippen LogP contribution >= 0.6 is 0 Å². The summed E-state index contributed by atoms with van der Waals surface area (Å²) in [4.78, 5) is 0. The van der Waals surface area contributed by atoms with Crippen molar-refractivity contribution in [3.05, 3.63) is 142 Å². The van der Waals surface area contributed by atoms with Gasteiger partial charge in [-0.3, -0.25) is 0 Å². The summed E-state index contributed by atoms with van der Waals surface area (Å²) >= 11 is 0. The number of aryl methyl sites for hydroxylation is 2. The third-order valence-corrected chi connectivity index (χ3v) is 5.51. The first-order valence-electron chi connectivity index (χ1n) is 10.9. The zero-order valence-corrected chi connectivity index (χ0v) is 18.8. The molecule has 0 aromatic heterocycles. The molecule has 33 heavy (non-hydrogen) atoms. The molecule has 0 aliphatic carbocycles. The van der Waals surface area contributed by atoms with E-state index in [4.69, 9.17) is 10.2 Å². The molecule has 4 heteroatoms. The van der Waals surface area contributed by atoms with E-state index in [9.17, 15) is 10.2 Å². The molecule has 0 fully saturated rings. The highest BCUT2D eigenvalue weighted by molar-refractivity contribution is 5.35. The number of aliphatic hydroxyl groups is 4. The van der Waals surface area contributed by atoms with Crippen LogP contribution in [0.3, 0.4) is 0 Å². The lowest BCUT2D eigenvalue weighted by Gasteiger charge is -2.15. The Morgan fingerprint density at radius 2 is 0.879 bits per heavy atom. The molecule has 4 rings (SSSR count). The Labute approximate surface area is 195 Å². The van der Waals surface area contributed by atoms with Gasteiger partial charge in [-0.2, -0.15) is 0 Å².